The molecule has 11 nitrogen and oxygen atoms in total. The van der Waals surface area contributed by atoms with Gasteiger partial charge in [0.05, 0.1) is 46.2 Å². The van der Waals surface area contributed by atoms with Gasteiger partial charge in [0.25, 0.3) is 0 Å². The molecule has 0 aliphatic carbocycles. The normalized spacial score (nSPS) is 11.3. The first-order chi connectivity index (χ1) is 14.8. The number of sulfone groups is 1. The summed E-state index contributed by atoms with van der Waals surface area (Å²) in [4.78, 5) is 1.88. The average Bonchev–Trinajstić information content (AvgIpc) is 2.72. The van der Waals surface area contributed by atoms with Crippen LogP contribution in [0, 0.1) is 6.92 Å². The van der Waals surface area contributed by atoms with Crippen LogP contribution in [0.15, 0.2) is 57.6 Å². The van der Waals surface area contributed by atoms with Crippen molar-refractivity contribution in [2.75, 3.05) is 43.6 Å². The minimum atomic E-state index is -3.68. The summed E-state index contributed by atoms with van der Waals surface area (Å²) in [5, 5.41) is 26.7. The van der Waals surface area contributed by atoms with Gasteiger partial charge in [0, 0.05) is 25.4 Å². The molecule has 178 valence electrons. The summed E-state index contributed by atoms with van der Waals surface area (Å²) in [5.41, 5.74) is 2.76. The number of hydrogen-bond donors (Lipinski definition) is 2. The van der Waals surface area contributed by atoms with Gasteiger partial charge >= 0.3 is 29.6 Å². The SMILES string of the molecule is Cc1cc(N(CCO)CCO)ccc1N=Nc1ccc(S(=O)(=O)CCO[S-](=O)=O)cc1.O.[Na+]. The molecule has 4 N–H and O–H groups in total. The zero-order valence-electron chi connectivity index (χ0n) is 18.4. The standard InChI is InChI=1S/C19H24N3O7S2.Na.H2O/c1-15-14-17(22(8-10-23)9-11-24)4-7-19(15)21-20-16-2-5-18(6-3-16)31(27,28)13-12-29-30(25)26;;/h2-7,14,23-24H,8-13H2,1H3;;1H2/q-1;+1;. The van der Waals surface area contributed by atoms with E-state index in [1.165, 1.54) is 24.3 Å². The largest absolute Gasteiger partial charge is 1.00 e. The van der Waals surface area contributed by atoms with Crippen molar-refractivity contribution in [3.63, 3.8) is 0 Å². The molecule has 0 aliphatic rings. The molecule has 0 amide bonds. The van der Waals surface area contributed by atoms with Crippen LogP contribution in [0.1, 0.15) is 5.56 Å². The molecular weight excluding hydrogens is 485 g/mol. The van der Waals surface area contributed by atoms with Gasteiger partial charge in [-0.3, -0.25) is 0 Å². The van der Waals surface area contributed by atoms with Crippen molar-refractivity contribution in [2.24, 2.45) is 10.2 Å². The van der Waals surface area contributed by atoms with E-state index in [4.69, 9.17) is 10.2 Å². The van der Waals surface area contributed by atoms with Gasteiger partial charge in [-0.25, -0.2) is 8.42 Å². The molecule has 0 aliphatic heterocycles. The number of rotatable bonds is 12. The molecule has 2 aromatic rings. The molecular formula is C19H26N3NaO8S2. The van der Waals surface area contributed by atoms with Gasteiger partial charge in [0.2, 0.25) is 0 Å². The first-order valence-corrected chi connectivity index (χ1v) is 12.0. The molecule has 33 heavy (non-hydrogen) atoms. The van der Waals surface area contributed by atoms with Gasteiger partial charge in [-0.15, -0.1) is 0 Å². The summed E-state index contributed by atoms with van der Waals surface area (Å²) in [6, 6.07) is 11.2. The van der Waals surface area contributed by atoms with Gasteiger partial charge in [0.1, 0.15) is 0 Å². The van der Waals surface area contributed by atoms with E-state index in [2.05, 4.69) is 14.4 Å². The minimum absolute atomic E-state index is 0. The van der Waals surface area contributed by atoms with E-state index in [1.807, 2.05) is 24.0 Å². The maximum absolute atomic E-state index is 12.2. The number of benzene rings is 2. The summed E-state index contributed by atoms with van der Waals surface area (Å²) in [6.45, 7) is 2.15. The predicted octanol–water partition coefficient (Wildman–Crippen LogP) is -1.60. The Morgan fingerprint density at radius 2 is 1.61 bits per heavy atom. The number of aryl methyl sites for hydroxylation is 1. The van der Waals surface area contributed by atoms with E-state index in [0.717, 1.165) is 11.3 Å². The molecule has 0 saturated carbocycles. The van der Waals surface area contributed by atoms with E-state index in [1.54, 1.807) is 6.07 Å². The predicted molar refractivity (Wildman–Crippen MR) is 119 cm³/mol. The second-order valence-corrected chi connectivity index (χ2v) is 9.20. The maximum Gasteiger partial charge on any atom is 1.00 e. The molecule has 14 heteroatoms. The van der Waals surface area contributed by atoms with Gasteiger partial charge in [-0.2, -0.15) is 10.2 Å². The van der Waals surface area contributed by atoms with Crippen LogP contribution in [0.2, 0.25) is 0 Å². The average molecular weight is 512 g/mol. The van der Waals surface area contributed by atoms with E-state index < -0.39 is 33.2 Å². The first kappa shape index (κ1) is 31.6. The van der Waals surface area contributed by atoms with Crippen molar-refractivity contribution in [2.45, 2.75) is 11.8 Å². The second kappa shape index (κ2) is 15.5. The third-order valence-electron chi connectivity index (χ3n) is 4.29. The number of nitrogens with zero attached hydrogens (tertiary/aromatic N) is 3. The monoisotopic (exact) mass is 511 g/mol. The Bertz CT molecular complexity index is 1060. The summed E-state index contributed by atoms with van der Waals surface area (Å²) in [6.07, 6.45) is 0. The van der Waals surface area contributed by atoms with Crippen LogP contribution in [0.3, 0.4) is 0 Å². The molecule has 0 heterocycles. The van der Waals surface area contributed by atoms with E-state index in [0.29, 0.717) is 24.5 Å². The van der Waals surface area contributed by atoms with Gasteiger partial charge in [0.15, 0.2) is 9.84 Å². The van der Waals surface area contributed by atoms with Crippen molar-refractivity contribution in [1.29, 1.82) is 0 Å². The molecule has 0 aromatic heterocycles. The van der Waals surface area contributed by atoms with Crippen molar-refractivity contribution < 1.29 is 66.3 Å². The fourth-order valence-electron chi connectivity index (χ4n) is 2.72. The zero-order valence-corrected chi connectivity index (χ0v) is 22.0. The fourth-order valence-corrected chi connectivity index (χ4v) is 4.14. The number of aliphatic hydroxyl groups excluding tert-OH is 2. The van der Waals surface area contributed by atoms with Gasteiger partial charge in [-0.1, -0.05) is 0 Å². The Morgan fingerprint density at radius 1 is 1.00 bits per heavy atom. The Balaban J connectivity index is 0.00000512. The van der Waals surface area contributed by atoms with Crippen molar-refractivity contribution in [3.8, 4) is 0 Å². The summed E-state index contributed by atoms with van der Waals surface area (Å²) in [7, 11) is -6.44. The zero-order chi connectivity index (χ0) is 22.9. The smallest absolute Gasteiger partial charge is 0.423 e. The van der Waals surface area contributed by atoms with Crippen LogP contribution >= 0.6 is 0 Å². The number of anilines is 1. The number of hydrogen-bond acceptors (Lipinski definition) is 11. The third kappa shape index (κ3) is 10.2. The topological polar surface area (TPSA) is 177 Å². The maximum atomic E-state index is 12.2. The molecule has 2 aromatic carbocycles. The van der Waals surface area contributed by atoms with E-state index >= 15 is 0 Å². The second-order valence-electron chi connectivity index (χ2n) is 6.44. The van der Waals surface area contributed by atoms with Crippen LogP contribution in [-0.2, 0) is 33.4 Å². The van der Waals surface area contributed by atoms with Gasteiger partial charge < -0.3 is 33.2 Å². The van der Waals surface area contributed by atoms with Crippen LogP contribution in [0.4, 0.5) is 17.1 Å². The quantitative estimate of drug-likeness (QED) is 0.194. The van der Waals surface area contributed by atoms with Crippen LogP contribution in [0.5, 0.6) is 0 Å². The van der Waals surface area contributed by atoms with Crippen molar-refractivity contribution in [1.82, 2.24) is 0 Å². The molecule has 0 atom stereocenters. The minimum Gasteiger partial charge on any atom is -0.423 e. The van der Waals surface area contributed by atoms with E-state index in [9.17, 15) is 16.8 Å². The van der Waals surface area contributed by atoms with E-state index in [-0.39, 0.29) is 53.1 Å². The van der Waals surface area contributed by atoms with Crippen LogP contribution in [0.25, 0.3) is 0 Å². The van der Waals surface area contributed by atoms with Crippen molar-refractivity contribution in [3.05, 3.63) is 48.0 Å². The Hall–Kier alpha value is -1.42. The molecule has 0 saturated heterocycles. The fraction of sp³-hybridized carbons (Fsp3) is 0.368. The van der Waals surface area contributed by atoms with Crippen molar-refractivity contribution >= 4 is 37.9 Å². The van der Waals surface area contributed by atoms with Crippen LogP contribution < -0.4 is 34.5 Å². The molecule has 2 rings (SSSR count). The molecule has 0 spiro atoms. The molecule has 0 radical (unpaired) electrons. The Labute approximate surface area is 216 Å². The number of azo groups is 1. The molecule has 0 unspecified atom stereocenters. The Kier molecular flexibility index (Phi) is 14.8. The Morgan fingerprint density at radius 3 is 2.12 bits per heavy atom. The summed E-state index contributed by atoms with van der Waals surface area (Å²) in [5.74, 6) is -0.461. The van der Waals surface area contributed by atoms with Gasteiger partial charge in [-0.05, 0) is 55.0 Å². The summed E-state index contributed by atoms with van der Waals surface area (Å²) < 4.78 is 49.2. The first-order valence-electron chi connectivity index (χ1n) is 9.31. The molecule has 0 fully saturated rings. The third-order valence-corrected chi connectivity index (χ3v) is 6.34. The summed E-state index contributed by atoms with van der Waals surface area (Å²) >= 11 is 0. The number of aliphatic hydroxyl groups is 2. The molecule has 0 bridgehead atoms. The van der Waals surface area contributed by atoms with Crippen LogP contribution in [-0.4, -0.2) is 62.8 Å².